The van der Waals surface area contributed by atoms with Crippen LogP contribution >= 0.6 is 34.8 Å². The quantitative estimate of drug-likeness (QED) is 0.802. The van der Waals surface area contributed by atoms with Crippen molar-refractivity contribution in [2.45, 2.75) is 12.5 Å². The second-order valence-corrected chi connectivity index (χ2v) is 5.67. The Kier molecular flexibility index (Phi) is 5.28. The van der Waals surface area contributed by atoms with E-state index in [2.05, 4.69) is 5.32 Å². The van der Waals surface area contributed by atoms with Crippen molar-refractivity contribution in [1.82, 2.24) is 5.32 Å². The Labute approximate surface area is 132 Å². The maximum atomic E-state index is 14.0. The zero-order valence-corrected chi connectivity index (χ0v) is 13.0. The monoisotopic (exact) mass is 331 g/mol. The third-order valence-corrected chi connectivity index (χ3v) is 4.06. The largest absolute Gasteiger partial charge is 0.313 e. The molecule has 0 amide bonds. The van der Waals surface area contributed by atoms with Crippen LogP contribution in [-0.2, 0) is 6.42 Å². The number of benzene rings is 2. The van der Waals surface area contributed by atoms with Crippen molar-refractivity contribution >= 4 is 34.8 Å². The minimum atomic E-state index is -0.338. The van der Waals surface area contributed by atoms with E-state index in [0.717, 1.165) is 5.56 Å². The molecule has 1 N–H and O–H groups in total. The fraction of sp³-hybridized carbons (Fsp3) is 0.200. The van der Waals surface area contributed by atoms with E-state index in [4.69, 9.17) is 34.8 Å². The van der Waals surface area contributed by atoms with E-state index in [-0.39, 0.29) is 11.9 Å². The molecule has 2 aromatic carbocycles. The van der Waals surface area contributed by atoms with Gasteiger partial charge < -0.3 is 5.32 Å². The van der Waals surface area contributed by atoms with Gasteiger partial charge in [-0.2, -0.15) is 0 Å². The number of hydrogen-bond acceptors (Lipinski definition) is 1. The molecular weight excluding hydrogens is 320 g/mol. The summed E-state index contributed by atoms with van der Waals surface area (Å²) in [4.78, 5) is 0. The van der Waals surface area contributed by atoms with Crippen molar-refractivity contribution in [1.29, 1.82) is 0 Å². The van der Waals surface area contributed by atoms with Crippen LogP contribution in [0.25, 0.3) is 0 Å². The predicted molar refractivity (Wildman–Crippen MR) is 83.4 cm³/mol. The molecule has 0 aliphatic heterocycles. The van der Waals surface area contributed by atoms with Crippen molar-refractivity contribution in [3.8, 4) is 0 Å². The third-order valence-electron chi connectivity index (χ3n) is 3.13. The predicted octanol–water partition coefficient (Wildman–Crippen LogP) is 5.29. The summed E-state index contributed by atoms with van der Waals surface area (Å²) in [5.74, 6) is -0.338. The molecule has 5 heteroatoms. The van der Waals surface area contributed by atoms with Crippen molar-refractivity contribution in [2.75, 3.05) is 7.05 Å². The first kappa shape index (κ1) is 15.6. The Bertz CT molecular complexity index is 596. The standard InChI is InChI=1S/C15H13Cl3FN/c1-20-14(15-12(18)3-2-4-13(15)19)8-9-7-10(16)5-6-11(9)17/h2-7,14,20H,8H2,1H3. The number of rotatable bonds is 4. The highest BCUT2D eigenvalue weighted by Crippen LogP contribution is 2.31. The van der Waals surface area contributed by atoms with Crippen molar-refractivity contribution in [2.24, 2.45) is 0 Å². The van der Waals surface area contributed by atoms with Gasteiger partial charge in [-0.1, -0.05) is 40.9 Å². The van der Waals surface area contributed by atoms with Crippen LogP contribution in [0.15, 0.2) is 36.4 Å². The zero-order chi connectivity index (χ0) is 14.7. The molecule has 0 aromatic heterocycles. The van der Waals surface area contributed by atoms with E-state index in [0.29, 0.717) is 27.1 Å². The van der Waals surface area contributed by atoms with Crippen LogP contribution in [-0.4, -0.2) is 7.05 Å². The van der Waals surface area contributed by atoms with Crippen LogP contribution in [0, 0.1) is 5.82 Å². The van der Waals surface area contributed by atoms with E-state index >= 15 is 0 Å². The van der Waals surface area contributed by atoms with E-state index in [1.807, 2.05) is 0 Å². The summed E-state index contributed by atoms with van der Waals surface area (Å²) in [5.41, 5.74) is 1.28. The van der Waals surface area contributed by atoms with Gasteiger partial charge in [0.1, 0.15) is 5.82 Å². The highest BCUT2D eigenvalue weighted by atomic mass is 35.5. The Hall–Kier alpha value is -0.800. The second-order valence-electron chi connectivity index (χ2n) is 4.42. The molecule has 2 aromatic rings. The van der Waals surface area contributed by atoms with Gasteiger partial charge in [0.05, 0.1) is 0 Å². The fourth-order valence-corrected chi connectivity index (χ4v) is 2.80. The average molecular weight is 333 g/mol. The summed E-state index contributed by atoms with van der Waals surface area (Å²) in [6, 6.07) is 9.60. The summed E-state index contributed by atoms with van der Waals surface area (Å²) in [6.07, 6.45) is 0.497. The van der Waals surface area contributed by atoms with E-state index in [9.17, 15) is 4.39 Å². The van der Waals surface area contributed by atoms with Gasteiger partial charge in [0.25, 0.3) is 0 Å². The minimum absolute atomic E-state index is 0.278. The van der Waals surface area contributed by atoms with Gasteiger partial charge in [-0.25, -0.2) is 4.39 Å². The van der Waals surface area contributed by atoms with Crippen molar-refractivity contribution in [3.05, 3.63) is 68.4 Å². The summed E-state index contributed by atoms with van der Waals surface area (Å²) in [6.45, 7) is 0. The fourth-order valence-electron chi connectivity index (χ4n) is 2.11. The first-order chi connectivity index (χ1) is 9.52. The Balaban J connectivity index is 2.36. The number of halogens is 4. The van der Waals surface area contributed by atoms with Gasteiger partial charge in [-0.3, -0.25) is 0 Å². The lowest BCUT2D eigenvalue weighted by Gasteiger charge is -2.19. The van der Waals surface area contributed by atoms with Crippen LogP contribution in [0.4, 0.5) is 4.39 Å². The molecule has 1 unspecified atom stereocenters. The van der Waals surface area contributed by atoms with Crippen molar-refractivity contribution < 1.29 is 4.39 Å². The molecule has 0 saturated heterocycles. The summed E-state index contributed by atoms with van der Waals surface area (Å²) >= 11 is 18.2. The highest BCUT2D eigenvalue weighted by molar-refractivity contribution is 6.33. The molecule has 1 atom stereocenters. The average Bonchev–Trinajstić information content (AvgIpc) is 2.41. The summed E-state index contributed by atoms with van der Waals surface area (Å²) < 4.78 is 14.0. The SMILES string of the molecule is CNC(Cc1cc(Cl)ccc1Cl)c1c(F)cccc1Cl. The molecule has 20 heavy (non-hydrogen) atoms. The molecule has 0 bridgehead atoms. The molecule has 2 rings (SSSR count). The van der Waals surface area contributed by atoms with Crippen LogP contribution in [0.1, 0.15) is 17.2 Å². The van der Waals surface area contributed by atoms with Gasteiger partial charge in [0.15, 0.2) is 0 Å². The van der Waals surface area contributed by atoms with Gasteiger partial charge >= 0.3 is 0 Å². The number of hydrogen-bond donors (Lipinski definition) is 1. The first-order valence-corrected chi connectivity index (χ1v) is 7.21. The smallest absolute Gasteiger partial charge is 0.129 e. The maximum absolute atomic E-state index is 14.0. The van der Waals surface area contributed by atoms with E-state index in [1.54, 1.807) is 37.4 Å². The Morgan fingerprint density at radius 2 is 1.85 bits per heavy atom. The molecule has 106 valence electrons. The summed E-state index contributed by atoms with van der Waals surface area (Å²) in [5, 5.41) is 4.66. The lowest BCUT2D eigenvalue weighted by Crippen LogP contribution is -2.20. The Morgan fingerprint density at radius 1 is 1.10 bits per heavy atom. The zero-order valence-electron chi connectivity index (χ0n) is 10.8. The third kappa shape index (κ3) is 3.44. The van der Waals surface area contributed by atoms with Crippen LogP contribution in [0.2, 0.25) is 15.1 Å². The molecule has 1 nitrogen and oxygen atoms in total. The minimum Gasteiger partial charge on any atom is -0.313 e. The van der Waals surface area contributed by atoms with Crippen LogP contribution in [0.5, 0.6) is 0 Å². The molecule has 0 aliphatic carbocycles. The second kappa shape index (κ2) is 6.77. The van der Waals surface area contributed by atoms with E-state index in [1.165, 1.54) is 6.07 Å². The van der Waals surface area contributed by atoms with Crippen molar-refractivity contribution in [3.63, 3.8) is 0 Å². The lowest BCUT2D eigenvalue weighted by atomic mass is 9.98. The molecule has 0 saturated carbocycles. The molecule has 0 radical (unpaired) electrons. The van der Waals surface area contributed by atoms with Gasteiger partial charge in [-0.15, -0.1) is 0 Å². The molecule has 0 heterocycles. The van der Waals surface area contributed by atoms with E-state index < -0.39 is 0 Å². The van der Waals surface area contributed by atoms with Gasteiger partial charge in [-0.05, 0) is 49.4 Å². The lowest BCUT2D eigenvalue weighted by molar-refractivity contribution is 0.534. The molecule has 0 spiro atoms. The van der Waals surface area contributed by atoms with Gasteiger partial charge in [0, 0.05) is 26.7 Å². The van der Waals surface area contributed by atoms with Crippen LogP contribution in [0.3, 0.4) is 0 Å². The number of likely N-dealkylation sites (N-methyl/N-ethyl adjacent to an activating group) is 1. The topological polar surface area (TPSA) is 12.0 Å². The van der Waals surface area contributed by atoms with Gasteiger partial charge in [0.2, 0.25) is 0 Å². The molecule has 0 aliphatic rings. The Morgan fingerprint density at radius 3 is 2.50 bits per heavy atom. The van der Waals surface area contributed by atoms with Crippen LogP contribution < -0.4 is 5.32 Å². The number of nitrogens with one attached hydrogen (secondary N) is 1. The maximum Gasteiger partial charge on any atom is 0.129 e. The normalized spacial score (nSPS) is 12.4. The molecular formula is C15H13Cl3FN. The molecule has 0 fully saturated rings. The summed E-state index contributed by atoms with van der Waals surface area (Å²) in [7, 11) is 1.76. The first-order valence-electron chi connectivity index (χ1n) is 6.08. The highest BCUT2D eigenvalue weighted by Gasteiger charge is 2.19.